The topological polar surface area (TPSA) is 78.2 Å². The Morgan fingerprint density at radius 2 is 1.71 bits per heavy atom. The first-order chi connectivity index (χ1) is 18.4. The molecule has 1 amide bonds. The summed E-state index contributed by atoms with van der Waals surface area (Å²) in [7, 11) is 1.59. The summed E-state index contributed by atoms with van der Waals surface area (Å²) in [6, 6.07) is 19.0. The molecule has 0 radical (unpaired) electrons. The van der Waals surface area contributed by atoms with Crippen molar-refractivity contribution in [2.24, 2.45) is 5.92 Å². The molecule has 2 heterocycles. The van der Waals surface area contributed by atoms with Gasteiger partial charge in [0.25, 0.3) is 5.91 Å². The molecule has 196 valence electrons. The van der Waals surface area contributed by atoms with E-state index in [1.807, 2.05) is 25.1 Å². The highest BCUT2D eigenvalue weighted by atomic mass is 16.5. The lowest BCUT2D eigenvalue weighted by molar-refractivity contribution is 0.0971. The third-order valence-electron chi connectivity index (χ3n) is 6.66. The molecule has 1 atom stereocenters. The summed E-state index contributed by atoms with van der Waals surface area (Å²) < 4.78 is 23.3. The molecule has 0 bridgehead atoms. The maximum Gasteiger partial charge on any atom is 0.295 e. The average Bonchev–Trinajstić information content (AvgIpc) is 3.22. The van der Waals surface area contributed by atoms with Crippen molar-refractivity contribution in [1.29, 1.82) is 0 Å². The second kappa shape index (κ2) is 10.6. The van der Waals surface area contributed by atoms with Gasteiger partial charge in [-0.1, -0.05) is 32.0 Å². The Kier molecular flexibility index (Phi) is 7.09. The number of para-hydroxylation sites is 1. The molecule has 0 N–H and O–H groups in total. The van der Waals surface area contributed by atoms with Crippen LogP contribution in [0.1, 0.15) is 54.9 Å². The molecule has 1 aliphatic rings. The molecule has 0 fully saturated rings. The van der Waals surface area contributed by atoms with Crippen molar-refractivity contribution < 1.29 is 23.4 Å². The Labute approximate surface area is 221 Å². The monoisotopic (exact) mass is 513 g/mol. The second-order valence-corrected chi connectivity index (χ2v) is 9.62. The Morgan fingerprint density at radius 1 is 0.947 bits per heavy atom. The van der Waals surface area contributed by atoms with Crippen LogP contribution in [-0.2, 0) is 0 Å². The molecule has 1 aromatic heterocycles. The van der Waals surface area contributed by atoms with Crippen LogP contribution in [0.4, 0.5) is 5.69 Å². The number of anilines is 1. The number of nitrogens with zero attached hydrogens (tertiary/aromatic N) is 1. The van der Waals surface area contributed by atoms with Gasteiger partial charge in [0.1, 0.15) is 11.3 Å². The lowest BCUT2D eigenvalue weighted by Gasteiger charge is -2.26. The highest BCUT2D eigenvalue weighted by Crippen LogP contribution is 2.43. The number of ether oxygens (including phenoxy) is 3. The quantitative estimate of drug-likeness (QED) is 0.259. The Hall–Kier alpha value is -4.26. The van der Waals surface area contributed by atoms with E-state index in [1.54, 1.807) is 60.5 Å². The number of fused-ring (bicyclic) bond motifs is 2. The van der Waals surface area contributed by atoms with Crippen molar-refractivity contribution in [3.63, 3.8) is 0 Å². The molecule has 0 aliphatic carbocycles. The van der Waals surface area contributed by atoms with Crippen molar-refractivity contribution >= 4 is 22.6 Å². The van der Waals surface area contributed by atoms with Crippen molar-refractivity contribution in [3.05, 3.63) is 93.8 Å². The molecule has 1 unspecified atom stereocenters. The first-order valence-corrected chi connectivity index (χ1v) is 12.9. The van der Waals surface area contributed by atoms with Crippen LogP contribution in [0, 0.1) is 5.92 Å². The van der Waals surface area contributed by atoms with E-state index < -0.39 is 6.04 Å². The van der Waals surface area contributed by atoms with Crippen LogP contribution < -0.4 is 24.5 Å². The number of hydrogen-bond acceptors (Lipinski definition) is 6. The van der Waals surface area contributed by atoms with Crippen LogP contribution >= 0.6 is 0 Å². The smallest absolute Gasteiger partial charge is 0.295 e. The van der Waals surface area contributed by atoms with E-state index in [0.29, 0.717) is 58.6 Å². The standard InChI is InChI=1S/C31H31NO6/c1-5-36-26-18-20(10-15-25(26)37-17-16-19(2)3)28-27-29(33)23-8-6-7-9-24(23)38-30(27)31(34)32(28)21-11-13-22(35-4)14-12-21/h6-15,18-19,28H,5,16-17H2,1-4H3. The van der Waals surface area contributed by atoms with E-state index in [1.165, 1.54) is 0 Å². The molecule has 5 rings (SSSR count). The summed E-state index contributed by atoms with van der Waals surface area (Å²) in [4.78, 5) is 29.2. The predicted octanol–water partition coefficient (Wildman–Crippen LogP) is 6.38. The maximum absolute atomic E-state index is 13.8. The molecule has 7 heteroatoms. The van der Waals surface area contributed by atoms with Gasteiger partial charge in [0.05, 0.1) is 37.3 Å². The van der Waals surface area contributed by atoms with E-state index >= 15 is 0 Å². The zero-order valence-corrected chi connectivity index (χ0v) is 22.0. The fourth-order valence-corrected chi connectivity index (χ4v) is 4.73. The highest BCUT2D eigenvalue weighted by Gasteiger charge is 2.44. The molecule has 1 aliphatic heterocycles. The van der Waals surface area contributed by atoms with Gasteiger partial charge in [0.2, 0.25) is 5.76 Å². The molecule has 0 spiro atoms. The van der Waals surface area contributed by atoms with Crippen molar-refractivity contribution in [2.45, 2.75) is 33.2 Å². The first kappa shape index (κ1) is 25.4. The molecule has 7 nitrogen and oxygen atoms in total. The minimum absolute atomic E-state index is 0.0461. The van der Waals surface area contributed by atoms with Gasteiger partial charge in [0, 0.05) is 5.69 Å². The Morgan fingerprint density at radius 3 is 2.42 bits per heavy atom. The summed E-state index contributed by atoms with van der Waals surface area (Å²) in [6.07, 6.45) is 0.914. The molecule has 0 saturated carbocycles. The SMILES string of the molecule is CCOc1cc(C2c3c(oc4ccccc4c3=O)C(=O)N2c2ccc(OC)cc2)ccc1OCCC(C)C. The number of hydrogen-bond donors (Lipinski definition) is 0. The largest absolute Gasteiger partial charge is 0.497 e. The molecule has 4 aromatic rings. The molecule has 0 saturated heterocycles. The Balaban J connectivity index is 1.67. The normalized spacial score (nSPS) is 14.7. The fraction of sp³-hybridized carbons (Fsp3) is 0.290. The van der Waals surface area contributed by atoms with Crippen LogP contribution in [0.15, 0.2) is 75.9 Å². The van der Waals surface area contributed by atoms with E-state index in [-0.39, 0.29) is 17.1 Å². The van der Waals surface area contributed by atoms with E-state index in [0.717, 1.165) is 12.0 Å². The highest BCUT2D eigenvalue weighted by molar-refractivity contribution is 6.10. The number of methoxy groups -OCH3 is 1. The predicted molar refractivity (Wildman–Crippen MR) is 147 cm³/mol. The van der Waals surface area contributed by atoms with Gasteiger partial charge in [-0.3, -0.25) is 14.5 Å². The van der Waals surface area contributed by atoms with Gasteiger partial charge in [0.15, 0.2) is 16.9 Å². The third kappa shape index (κ3) is 4.60. The summed E-state index contributed by atoms with van der Waals surface area (Å²) in [5.74, 6) is 2.03. The Bertz CT molecular complexity index is 1520. The molecular formula is C31H31NO6. The third-order valence-corrected chi connectivity index (χ3v) is 6.66. The van der Waals surface area contributed by atoms with Crippen LogP contribution in [0.25, 0.3) is 11.0 Å². The number of benzene rings is 3. The number of amides is 1. The van der Waals surface area contributed by atoms with Gasteiger partial charge < -0.3 is 18.6 Å². The summed E-state index contributed by atoms with van der Waals surface area (Å²) in [5.41, 5.74) is 1.79. The zero-order valence-electron chi connectivity index (χ0n) is 22.0. The van der Waals surface area contributed by atoms with E-state index in [9.17, 15) is 9.59 Å². The average molecular weight is 514 g/mol. The fourth-order valence-electron chi connectivity index (χ4n) is 4.73. The van der Waals surface area contributed by atoms with E-state index in [2.05, 4.69) is 13.8 Å². The molecule has 3 aromatic carbocycles. The van der Waals surface area contributed by atoms with Crippen molar-refractivity contribution in [2.75, 3.05) is 25.2 Å². The van der Waals surface area contributed by atoms with Crippen molar-refractivity contribution in [1.82, 2.24) is 0 Å². The van der Waals surface area contributed by atoms with Crippen molar-refractivity contribution in [3.8, 4) is 17.2 Å². The van der Waals surface area contributed by atoms with Crippen LogP contribution in [-0.4, -0.2) is 26.2 Å². The molecule has 38 heavy (non-hydrogen) atoms. The van der Waals surface area contributed by atoms with Gasteiger partial charge in [-0.05, 0) is 73.4 Å². The summed E-state index contributed by atoms with van der Waals surface area (Å²) in [5, 5.41) is 0.430. The van der Waals surface area contributed by atoms with Gasteiger partial charge >= 0.3 is 0 Å². The van der Waals surface area contributed by atoms with Crippen LogP contribution in [0.2, 0.25) is 0 Å². The van der Waals surface area contributed by atoms with Gasteiger partial charge in [-0.15, -0.1) is 0 Å². The number of rotatable bonds is 9. The van der Waals surface area contributed by atoms with Crippen LogP contribution in [0.3, 0.4) is 0 Å². The summed E-state index contributed by atoms with van der Waals surface area (Å²) in [6.45, 7) is 7.21. The van der Waals surface area contributed by atoms with Crippen LogP contribution in [0.5, 0.6) is 17.2 Å². The zero-order chi connectivity index (χ0) is 26.8. The molecular weight excluding hydrogens is 482 g/mol. The lowest BCUT2D eigenvalue weighted by Crippen LogP contribution is -2.29. The summed E-state index contributed by atoms with van der Waals surface area (Å²) >= 11 is 0. The number of carbonyl (C=O) groups excluding carboxylic acids is 1. The van der Waals surface area contributed by atoms with E-state index in [4.69, 9.17) is 18.6 Å². The first-order valence-electron chi connectivity index (χ1n) is 12.9. The maximum atomic E-state index is 13.8. The van der Waals surface area contributed by atoms with Gasteiger partial charge in [-0.2, -0.15) is 0 Å². The van der Waals surface area contributed by atoms with Gasteiger partial charge in [-0.25, -0.2) is 0 Å². The minimum Gasteiger partial charge on any atom is -0.497 e. The minimum atomic E-state index is -0.712. The number of carbonyl (C=O) groups is 1. The second-order valence-electron chi connectivity index (χ2n) is 9.62. The lowest BCUT2D eigenvalue weighted by atomic mass is 9.97.